The van der Waals surface area contributed by atoms with Gasteiger partial charge in [-0.05, 0) is 196 Å². The summed E-state index contributed by atoms with van der Waals surface area (Å²) in [6.07, 6.45) is 27.5. The van der Waals surface area contributed by atoms with Crippen LogP contribution in [0.5, 0.6) is 5.75 Å². The van der Waals surface area contributed by atoms with E-state index in [4.69, 9.17) is 15.5 Å². The molecule has 3 aromatic carbocycles. The monoisotopic (exact) mass is 1840 g/mol. The predicted octanol–water partition coefficient (Wildman–Crippen LogP) is 8.80. The number of ketones is 1. The van der Waals surface area contributed by atoms with Gasteiger partial charge in [0.15, 0.2) is 18.2 Å². The van der Waals surface area contributed by atoms with Gasteiger partial charge in [-0.1, -0.05) is 180 Å². The highest BCUT2D eigenvalue weighted by atomic mass is 33.1. The highest BCUT2D eigenvalue weighted by Crippen LogP contribution is 2.67. The van der Waals surface area contributed by atoms with Gasteiger partial charge in [-0.25, -0.2) is 9.36 Å². The molecule has 1 aromatic heterocycles. The normalized spacial score (nSPS) is 29.9. The highest BCUT2D eigenvalue weighted by Gasteiger charge is 2.60. The second kappa shape index (κ2) is 44.7. The molecule has 0 bridgehead atoms. The number of amides is 11. The molecule has 3 saturated heterocycles. The Bertz CT molecular complexity index is 4930. The third kappa shape index (κ3) is 24.3. The lowest BCUT2D eigenvalue weighted by atomic mass is 9.47. The van der Waals surface area contributed by atoms with E-state index in [1.165, 1.54) is 74.5 Å². The summed E-state index contributed by atoms with van der Waals surface area (Å²) in [5.41, 5.74) is 9.00. The molecule has 3 saturated carbocycles. The first-order valence-corrected chi connectivity index (χ1v) is 50.2. The smallest absolute Gasteiger partial charge is 0.407 e. The van der Waals surface area contributed by atoms with Crippen LogP contribution in [0.3, 0.4) is 0 Å². The summed E-state index contributed by atoms with van der Waals surface area (Å²) in [4.78, 5) is 186. The Hall–Kier alpha value is -9.98. The number of phenols is 1. The summed E-state index contributed by atoms with van der Waals surface area (Å²) in [5.74, 6) is -6.06. The van der Waals surface area contributed by atoms with Gasteiger partial charge < -0.3 is 73.0 Å². The van der Waals surface area contributed by atoms with Crippen LogP contribution in [0.25, 0.3) is 10.8 Å². The molecule has 22 atom stereocenters. The van der Waals surface area contributed by atoms with Gasteiger partial charge in [0.05, 0.1) is 30.8 Å². The Morgan fingerprint density at radius 2 is 1.44 bits per heavy atom. The van der Waals surface area contributed by atoms with E-state index in [0.29, 0.717) is 79.0 Å². The number of alkyl carbamates (subject to hydrolysis) is 1. The van der Waals surface area contributed by atoms with Crippen molar-refractivity contribution in [2.75, 3.05) is 37.7 Å². The zero-order valence-corrected chi connectivity index (χ0v) is 78.9. The van der Waals surface area contributed by atoms with Gasteiger partial charge in [0.2, 0.25) is 53.2 Å². The number of fused-ring (bicyclic) bond motifs is 7. The number of primary amides is 1. The maximum absolute atomic E-state index is 15.8. The van der Waals surface area contributed by atoms with Gasteiger partial charge in [-0.15, -0.1) is 0 Å². The minimum atomic E-state index is -1.64. The van der Waals surface area contributed by atoms with Crippen LogP contribution >= 0.6 is 21.6 Å². The number of likely N-dealkylation sites (tertiary alicyclic amines) is 2. The molecule has 708 valence electrons. The van der Waals surface area contributed by atoms with Crippen molar-refractivity contribution in [2.24, 2.45) is 81.9 Å². The number of unbranched alkanes of at least 4 members (excludes halogenated alkanes) is 1. The topological polar surface area (TPSA) is 412 Å². The quantitative estimate of drug-likeness (QED) is 0.0109. The fraction of sp³-hybridized carbons (Fsp3) is 0.600. The van der Waals surface area contributed by atoms with E-state index in [1.807, 2.05) is 66.8 Å². The number of aryl methyl sites for hydroxylation is 1. The van der Waals surface area contributed by atoms with E-state index in [9.17, 15) is 34.2 Å². The number of pyridine rings is 1. The Kier molecular flexibility index (Phi) is 33.6. The number of Topliss-reactive ketones (excluding diaryl/α,β-unsaturated/α-hetero) is 1. The van der Waals surface area contributed by atoms with Crippen LogP contribution in [0.15, 0.2) is 132 Å². The van der Waals surface area contributed by atoms with Crippen molar-refractivity contribution >= 4 is 110 Å². The number of nitrogens with two attached hydrogens (primary N) is 1. The lowest BCUT2D eigenvalue weighted by Gasteiger charge is -2.58. The van der Waals surface area contributed by atoms with Crippen molar-refractivity contribution < 1.29 is 77.1 Å². The molecule has 5 aliphatic carbocycles. The number of ether oxygens (including phenoxy) is 1. The molecule has 13 N–H and O–H groups in total. The average Bonchev–Trinajstić information content (AvgIpc) is 1.69. The molecule has 131 heavy (non-hydrogen) atoms. The number of phenolic OH excluding ortho intramolecular Hbond substituents is 1. The van der Waals surface area contributed by atoms with Crippen LogP contribution in [0.1, 0.15) is 199 Å². The number of rotatable bonds is 28. The van der Waals surface area contributed by atoms with Crippen LogP contribution in [-0.4, -0.2) is 214 Å². The number of carbonyl (C=O) groups excluding carboxylic acids is 12. The first-order valence-electron chi connectivity index (χ1n) is 47.7. The molecule has 22 unspecified atom stereocenters. The minimum Gasteiger partial charge on any atom is -0.508 e. The van der Waals surface area contributed by atoms with Crippen molar-refractivity contribution in [3.05, 3.63) is 144 Å². The number of nitrogens with one attached hydrogen (secondary N) is 9. The second-order valence-corrected chi connectivity index (χ2v) is 42.1. The SMILES string of the molecule is CC(C)CCCC(C)C1CCC2C3CC=C4CC(OC(=O)NCCCCC5NCC(=O)C(CC6C=NC7C=CC=CC67)NC(=O)C(Cc6ccc(O)cc6)NC(=O)C(NC(=O)C(Cc6ccc7ccccc7c6)NC(=O)C6CCCN6C(=O)C6CCCN6C(=O)c6ccc[n+](C)c6)CSSCC(C(=O)NC(C(N)=O)C(C)O)NC(=O)C(C(C)C)NC5=O)CCC4(C)C3CCC12C. The maximum atomic E-state index is 15.8. The number of carbonyl (C=O) groups is 12. The number of benzene rings is 3. The Balaban J connectivity index is 0.750. The van der Waals surface area contributed by atoms with Crippen molar-refractivity contribution in [1.82, 2.24) is 57.7 Å². The summed E-state index contributed by atoms with van der Waals surface area (Å²) in [7, 11) is 3.70. The molecule has 6 fully saturated rings. The Labute approximate surface area is 777 Å². The number of aliphatic imine (C=N–C) groups is 1. The Morgan fingerprint density at radius 1 is 0.718 bits per heavy atom. The van der Waals surface area contributed by atoms with Crippen LogP contribution in [0.4, 0.5) is 4.79 Å². The number of hydrogen-bond donors (Lipinski definition) is 12. The van der Waals surface area contributed by atoms with Gasteiger partial charge in [0.25, 0.3) is 5.91 Å². The lowest BCUT2D eigenvalue weighted by Crippen LogP contribution is -2.61. The molecule has 4 aliphatic heterocycles. The van der Waals surface area contributed by atoms with Crippen molar-refractivity contribution in [1.29, 1.82) is 0 Å². The van der Waals surface area contributed by atoms with E-state index >= 15 is 33.6 Å². The molecule has 31 heteroatoms. The lowest BCUT2D eigenvalue weighted by molar-refractivity contribution is -0.671. The molecular formula is C100H137N14O15S2+. The largest absolute Gasteiger partial charge is 0.508 e. The third-order valence-corrected chi connectivity index (χ3v) is 32.2. The van der Waals surface area contributed by atoms with Crippen LogP contribution in [0.2, 0.25) is 0 Å². The number of aromatic hydroxyl groups is 1. The fourth-order valence-electron chi connectivity index (χ4n) is 22.5. The average molecular weight is 1840 g/mol. The minimum absolute atomic E-state index is 0.00242. The predicted molar refractivity (Wildman–Crippen MR) is 504 cm³/mol. The first kappa shape index (κ1) is 98.5. The first-order chi connectivity index (χ1) is 62.7. The van der Waals surface area contributed by atoms with Gasteiger partial charge >= 0.3 is 6.09 Å². The molecular weight excluding hydrogens is 1700 g/mol. The standard InChI is InChI=1S/C100H136N14O15S2/c1-58(2)20-16-21-60(5)73-38-39-74-72-37-34-68-52-70(40-42-99(68,7)75(72)41-43-100(73,74)8)129-98(128)102-44-15-14-27-77-89(119)110-86(59(3)4)95(125)109-82(93(123)111-87(61(6)115)88(101)118)57-131-130-56-81(92(122)106-79(49-62-31-35-69(116)36-32-62)90(120)105-78(85(117)54-104-77)51-67-53-103-76-26-13-12-25-71(67)76)108-91(121)80(50-63-30-33-64-22-10-11-23-65(64)48-63)107-94(124)83-28-18-46-113(83)97(127)84-29-19-47-114(84)96(126)66-24-17-45-112(9)55-66/h10-13,17,22-26,30-36,45,48,53,55,58-61,67,70-84,86-87,104,115H,14-16,18-21,27-29,37-44,46-47,49-52,54,56-57H2,1-9H3,(H10-,101,102,105,106,107,108,109,110,111,116,118,119,120,121,122,123,124,125,128)/p+1. The number of nitrogens with zero attached hydrogens (tertiary/aromatic N) is 4. The summed E-state index contributed by atoms with van der Waals surface area (Å²) in [5, 5.41) is 48.9. The number of allylic oxidation sites excluding steroid dienone is 3. The summed E-state index contributed by atoms with van der Waals surface area (Å²) >= 11 is 0. The number of aromatic nitrogens is 1. The van der Waals surface area contributed by atoms with E-state index in [2.05, 4.69) is 88.5 Å². The molecule has 11 amide bonds. The fourth-order valence-corrected chi connectivity index (χ4v) is 24.8. The van der Waals surface area contributed by atoms with E-state index in [1.54, 1.807) is 73.2 Å². The second-order valence-electron chi connectivity index (χ2n) is 39.5. The highest BCUT2D eigenvalue weighted by molar-refractivity contribution is 8.76. The van der Waals surface area contributed by atoms with Gasteiger partial charge in [-0.2, -0.15) is 0 Å². The third-order valence-electron chi connectivity index (χ3n) is 29.7. The van der Waals surface area contributed by atoms with Crippen molar-refractivity contribution in [3.63, 3.8) is 0 Å². The van der Waals surface area contributed by atoms with Crippen LogP contribution in [0, 0.1) is 64.1 Å². The van der Waals surface area contributed by atoms with E-state index in [0.717, 1.165) is 75.3 Å². The zero-order chi connectivity index (χ0) is 93.5. The molecule has 0 radical (unpaired) electrons. The number of hydrogen-bond acceptors (Lipinski definition) is 19. The molecule has 0 spiro atoms. The van der Waals surface area contributed by atoms with Gasteiger partial charge in [0, 0.05) is 74.5 Å². The molecule has 4 aromatic rings. The number of aliphatic hydroxyl groups is 1. The molecule has 9 aliphatic rings. The van der Waals surface area contributed by atoms with Gasteiger partial charge in [-0.3, -0.25) is 63.0 Å². The number of aliphatic hydroxyl groups excluding tert-OH is 1. The van der Waals surface area contributed by atoms with Crippen molar-refractivity contribution in [2.45, 2.75) is 269 Å². The molecule has 13 rings (SSSR count). The van der Waals surface area contributed by atoms with E-state index in [-0.39, 0.29) is 91.8 Å². The maximum Gasteiger partial charge on any atom is 0.407 e. The van der Waals surface area contributed by atoms with Crippen molar-refractivity contribution in [3.8, 4) is 5.75 Å². The summed E-state index contributed by atoms with van der Waals surface area (Å²) in [6, 6.07) is 8.57. The van der Waals surface area contributed by atoms with E-state index < -0.39 is 150 Å². The summed E-state index contributed by atoms with van der Waals surface area (Å²) in [6.45, 7) is 17.0. The van der Waals surface area contributed by atoms with Crippen LogP contribution < -0.4 is 58.2 Å². The summed E-state index contributed by atoms with van der Waals surface area (Å²) < 4.78 is 7.95. The Morgan fingerprint density at radius 3 is 2.19 bits per heavy atom. The van der Waals surface area contributed by atoms with Gasteiger partial charge in [0.1, 0.15) is 72.8 Å². The molecule has 5 heterocycles. The molecule has 29 nitrogen and oxygen atoms in total. The zero-order valence-electron chi connectivity index (χ0n) is 77.3. The van der Waals surface area contributed by atoms with Crippen LogP contribution in [-0.2, 0) is 72.6 Å².